The number of nitrogens with one attached hydrogen (secondary N) is 1. The average molecular weight is 242 g/mol. The maximum Gasteiger partial charge on any atom is 0.0197 e. The number of hydrogen-bond donors (Lipinski definition) is 1. The van der Waals surface area contributed by atoms with Crippen LogP contribution in [0.2, 0.25) is 0 Å². The Morgan fingerprint density at radius 1 is 1.31 bits per heavy atom. The summed E-state index contributed by atoms with van der Waals surface area (Å²) in [6.45, 7) is 7.20. The molecular weight excluding hydrogens is 216 g/mol. The number of nitrogens with zero attached hydrogens (tertiary/aromatic N) is 1. The second kappa shape index (κ2) is 6.27. The van der Waals surface area contributed by atoms with Crippen molar-refractivity contribution in [3.05, 3.63) is 0 Å². The molecule has 0 bridgehead atoms. The maximum atomic E-state index is 3.68. The Labute approximate surface area is 105 Å². The monoisotopic (exact) mass is 242 g/mol. The third-order valence-corrected chi connectivity index (χ3v) is 5.03. The molecule has 2 rings (SSSR count). The Bertz CT molecular complexity index is 196. The minimum Gasteiger partial charge on any atom is -0.313 e. The van der Waals surface area contributed by atoms with Gasteiger partial charge in [0.05, 0.1) is 0 Å². The molecule has 2 aliphatic rings. The van der Waals surface area contributed by atoms with Crippen molar-refractivity contribution in [1.29, 1.82) is 0 Å². The lowest BCUT2D eigenvalue weighted by molar-refractivity contribution is 0.141. The fourth-order valence-electron chi connectivity index (χ4n) is 2.90. The van der Waals surface area contributed by atoms with Gasteiger partial charge in [0.15, 0.2) is 0 Å². The summed E-state index contributed by atoms with van der Waals surface area (Å²) in [5.74, 6) is 2.72. The molecule has 0 aromatic rings. The summed E-state index contributed by atoms with van der Waals surface area (Å²) < 4.78 is 0. The number of rotatable bonds is 4. The Kier molecular flexibility index (Phi) is 4.98. The minimum absolute atomic E-state index is 0.701. The topological polar surface area (TPSA) is 15.3 Å². The first-order valence-electron chi connectivity index (χ1n) is 6.84. The van der Waals surface area contributed by atoms with Crippen molar-refractivity contribution in [3.63, 3.8) is 0 Å². The molecule has 16 heavy (non-hydrogen) atoms. The second-order valence-corrected chi connectivity index (χ2v) is 6.60. The van der Waals surface area contributed by atoms with E-state index in [-0.39, 0.29) is 0 Å². The van der Waals surface area contributed by atoms with Crippen LogP contribution in [0.5, 0.6) is 0 Å². The predicted octanol–water partition coefficient (Wildman–Crippen LogP) is 2.34. The van der Waals surface area contributed by atoms with Crippen molar-refractivity contribution < 1.29 is 0 Å². The van der Waals surface area contributed by atoms with Crippen LogP contribution in [0.4, 0.5) is 0 Å². The van der Waals surface area contributed by atoms with Crippen LogP contribution in [0, 0.1) is 0 Å². The Balaban J connectivity index is 1.85. The summed E-state index contributed by atoms with van der Waals surface area (Å²) in [5.41, 5.74) is 0. The van der Waals surface area contributed by atoms with Gasteiger partial charge in [-0.25, -0.2) is 0 Å². The van der Waals surface area contributed by atoms with Gasteiger partial charge in [0, 0.05) is 30.4 Å². The van der Waals surface area contributed by atoms with Gasteiger partial charge in [-0.15, -0.1) is 0 Å². The molecule has 2 heterocycles. The van der Waals surface area contributed by atoms with Crippen molar-refractivity contribution in [2.24, 2.45) is 0 Å². The zero-order valence-electron chi connectivity index (χ0n) is 10.7. The van der Waals surface area contributed by atoms with Crippen LogP contribution in [-0.4, -0.2) is 47.6 Å². The number of hydrogen-bond acceptors (Lipinski definition) is 3. The molecule has 2 aliphatic heterocycles. The van der Waals surface area contributed by atoms with Crippen LogP contribution in [-0.2, 0) is 0 Å². The third-order valence-electron chi connectivity index (χ3n) is 3.88. The van der Waals surface area contributed by atoms with Crippen LogP contribution in [0.1, 0.15) is 39.5 Å². The molecule has 3 heteroatoms. The molecule has 0 amide bonds. The molecule has 0 aromatic heterocycles. The Morgan fingerprint density at radius 3 is 2.75 bits per heavy atom. The van der Waals surface area contributed by atoms with Crippen LogP contribution >= 0.6 is 11.8 Å². The lowest BCUT2D eigenvalue weighted by atomic mass is 10.0. The van der Waals surface area contributed by atoms with E-state index in [0.29, 0.717) is 6.04 Å². The molecule has 0 spiro atoms. The molecule has 0 aromatic carbocycles. The van der Waals surface area contributed by atoms with E-state index in [9.17, 15) is 0 Å². The maximum absolute atomic E-state index is 3.68. The number of thioether (sulfide) groups is 1. The van der Waals surface area contributed by atoms with Gasteiger partial charge in [0.2, 0.25) is 0 Å². The Morgan fingerprint density at radius 2 is 2.19 bits per heavy atom. The van der Waals surface area contributed by atoms with Gasteiger partial charge in [-0.05, 0) is 45.4 Å². The standard InChI is InChI=1S/C13H26N2S/c1-11(2)15(13-6-8-16-10-13)9-12-5-3-4-7-14-12/h11-14H,3-10H2,1-2H3. The summed E-state index contributed by atoms with van der Waals surface area (Å²) in [4.78, 5) is 2.74. The van der Waals surface area contributed by atoms with Gasteiger partial charge in [-0.2, -0.15) is 11.8 Å². The van der Waals surface area contributed by atoms with Crippen molar-refractivity contribution in [1.82, 2.24) is 10.2 Å². The molecule has 2 saturated heterocycles. The molecule has 1 N–H and O–H groups in total. The quantitative estimate of drug-likeness (QED) is 0.814. The fraction of sp³-hybridized carbons (Fsp3) is 1.00. The van der Waals surface area contributed by atoms with Crippen LogP contribution in [0.15, 0.2) is 0 Å². The summed E-state index contributed by atoms with van der Waals surface area (Å²) in [5, 5.41) is 3.68. The molecule has 0 aliphatic carbocycles. The van der Waals surface area contributed by atoms with Gasteiger partial charge in [0.1, 0.15) is 0 Å². The first kappa shape index (κ1) is 12.7. The second-order valence-electron chi connectivity index (χ2n) is 5.45. The van der Waals surface area contributed by atoms with Gasteiger partial charge in [-0.3, -0.25) is 4.90 Å². The molecule has 0 radical (unpaired) electrons. The zero-order valence-corrected chi connectivity index (χ0v) is 11.6. The molecule has 2 unspecified atom stereocenters. The van der Waals surface area contributed by atoms with E-state index in [0.717, 1.165) is 12.1 Å². The van der Waals surface area contributed by atoms with E-state index >= 15 is 0 Å². The van der Waals surface area contributed by atoms with Crippen LogP contribution < -0.4 is 5.32 Å². The summed E-state index contributed by atoms with van der Waals surface area (Å²) in [6.07, 6.45) is 5.57. The largest absolute Gasteiger partial charge is 0.313 e. The van der Waals surface area contributed by atoms with Crippen molar-refractivity contribution in [2.75, 3.05) is 24.6 Å². The van der Waals surface area contributed by atoms with E-state index in [2.05, 4.69) is 35.8 Å². The lowest BCUT2D eigenvalue weighted by Gasteiger charge is -2.36. The van der Waals surface area contributed by atoms with E-state index < -0.39 is 0 Å². The minimum atomic E-state index is 0.701. The van der Waals surface area contributed by atoms with Crippen LogP contribution in [0.3, 0.4) is 0 Å². The summed E-state index contributed by atoms with van der Waals surface area (Å²) >= 11 is 2.13. The van der Waals surface area contributed by atoms with E-state index in [1.165, 1.54) is 50.3 Å². The Hall–Kier alpha value is 0.270. The molecule has 2 nitrogen and oxygen atoms in total. The molecule has 0 saturated carbocycles. The highest BCUT2D eigenvalue weighted by molar-refractivity contribution is 7.99. The predicted molar refractivity (Wildman–Crippen MR) is 73.2 cm³/mol. The van der Waals surface area contributed by atoms with Crippen molar-refractivity contribution in [3.8, 4) is 0 Å². The molecule has 2 fully saturated rings. The lowest BCUT2D eigenvalue weighted by Crippen LogP contribution is -2.50. The first-order chi connectivity index (χ1) is 7.77. The molecular formula is C13H26N2S. The van der Waals surface area contributed by atoms with E-state index in [4.69, 9.17) is 0 Å². The van der Waals surface area contributed by atoms with Gasteiger partial charge in [0.25, 0.3) is 0 Å². The highest BCUT2D eigenvalue weighted by Gasteiger charge is 2.27. The van der Waals surface area contributed by atoms with E-state index in [1.807, 2.05) is 0 Å². The summed E-state index contributed by atoms with van der Waals surface area (Å²) in [6, 6.07) is 2.29. The first-order valence-corrected chi connectivity index (χ1v) is 7.99. The summed E-state index contributed by atoms with van der Waals surface area (Å²) in [7, 11) is 0. The smallest absolute Gasteiger partial charge is 0.0197 e. The SMILES string of the molecule is CC(C)N(CC1CCCCN1)C1CCSC1. The zero-order chi connectivity index (χ0) is 11.4. The average Bonchev–Trinajstić information content (AvgIpc) is 2.80. The van der Waals surface area contributed by atoms with E-state index in [1.54, 1.807) is 0 Å². The van der Waals surface area contributed by atoms with Gasteiger partial charge >= 0.3 is 0 Å². The van der Waals surface area contributed by atoms with Gasteiger partial charge in [-0.1, -0.05) is 6.42 Å². The van der Waals surface area contributed by atoms with Crippen molar-refractivity contribution in [2.45, 2.75) is 57.7 Å². The normalized spacial score (nSPS) is 31.5. The highest BCUT2D eigenvalue weighted by Crippen LogP contribution is 2.24. The van der Waals surface area contributed by atoms with Gasteiger partial charge < -0.3 is 5.32 Å². The third kappa shape index (κ3) is 3.38. The molecule has 2 atom stereocenters. The van der Waals surface area contributed by atoms with Crippen LogP contribution in [0.25, 0.3) is 0 Å². The highest BCUT2D eigenvalue weighted by atomic mass is 32.2. The number of piperidine rings is 1. The van der Waals surface area contributed by atoms with Crippen molar-refractivity contribution >= 4 is 11.8 Å². The molecule has 94 valence electrons. The fourth-order valence-corrected chi connectivity index (χ4v) is 4.14.